The van der Waals surface area contributed by atoms with Crippen molar-refractivity contribution in [2.75, 3.05) is 18.9 Å². The maximum Gasteiger partial charge on any atom is 0.142 e. The van der Waals surface area contributed by atoms with Crippen LogP contribution in [0.25, 0.3) is 0 Å². The molecular formula is C12H17NO2. The molecule has 3 heteroatoms. The van der Waals surface area contributed by atoms with Gasteiger partial charge in [-0.05, 0) is 37.5 Å². The summed E-state index contributed by atoms with van der Waals surface area (Å²) in [6, 6.07) is 5.87. The van der Waals surface area contributed by atoms with Crippen LogP contribution in [-0.2, 0) is 4.74 Å². The lowest BCUT2D eigenvalue weighted by Gasteiger charge is -2.24. The summed E-state index contributed by atoms with van der Waals surface area (Å²) in [6.07, 6.45) is 2.27. The predicted octanol–water partition coefficient (Wildman–Crippen LogP) is 2.14. The lowest BCUT2D eigenvalue weighted by atomic mass is 10.1. The Hall–Kier alpha value is -1.22. The van der Waals surface area contributed by atoms with Gasteiger partial charge in [-0.2, -0.15) is 0 Å². The van der Waals surface area contributed by atoms with E-state index in [1.165, 1.54) is 0 Å². The van der Waals surface area contributed by atoms with Crippen molar-refractivity contribution in [3.8, 4) is 5.75 Å². The van der Waals surface area contributed by atoms with Gasteiger partial charge < -0.3 is 15.2 Å². The van der Waals surface area contributed by atoms with Gasteiger partial charge in [0.2, 0.25) is 0 Å². The van der Waals surface area contributed by atoms with Gasteiger partial charge in [0.1, 0.15) is 11.9 Å². The summed E-state index contributed by atoms with van der Waals surface area (Å²) in [4.78, 5) is 0. The molecule has 1 heterocycles. The summed E-state index contributed by atoms with van der Waals surface area (Å²) in [7, 11) is 0. The van der Waals surface area contributed by atoms with Crippen LogP contribution in [-0.4, -0.2) is 19.3 Å². The maximum atomic E-state index is 5.87. The second-order valence-electron chi connectivity index (χ2n) is 4.00. The number of rotatable bonds is 2. The van der Waals surface area contributed by atoms with Crippen molar-refractivity contribution in [2.24, 2.45) is 0 Å². The molecule has 1 aromatic rings. The zero-order valence-corrected chi connectivity index (χ0v) is 9.03. The fourth-order valence-electron chi connectivity index (χ4n) is 1.76. The molecule has 1 aromatic carbocycles. The molecule has 2 N–H and O–H groups in total. The first-order valence-electron chi connectivity index (χ1n) is 5.36. The van der Waals surface area contributed by atoms with E-state index in [1.54, 1.807) is 0 Å². The van der Waals surface area contributed by atoms with Crippen LogP contribution in [0.15, 0.2) is 18.2 Å². The Labute approximate surface area is 90.2 Å². The first-order valence-corrected chi connectivity index (χ1v) is 5.36. The molecule has 0 saturated carbocycles. The summed E-state index contributed by atoms with van der Waals surface area (Å²) in [5.74, 6) is 0.774. The lowest BCUT2D eigenvalue weighted by Crippen LogP contribution is -2.28. The Morgan fingerprint density at radius 2 is 2.33 bits per heavy atom. The summed E-state index contributed by atoms with van der Waals surface area (Å²) in [5, 5.41) is 0. The summed E-state index contributed by atoms with van der Waals surface area (Å²) >= 11 is 0. The van der Waals surface area contributed by atoms with Gasteiger partial charge in [-0.3, -0.25) is 0 Å². The minimum atomic E-state index is 0.156. The highest BCUT2D eigenvalue weighted by molar-refractivity contribution is 5.54. The first-order chi connectivity index (χ1) is 7.25. The molecule has 1 saturated heterocycles. The largest absolute Gasteiger partial charge is 0.486 e. The summed E-state index contributed by atoms with van der Waals surface area (Å²) in [5.41, 5.74) is 7.73. The maximum absolute atomic E-state index is 5.87. The van der Waals surface area contributed by atoms with E-state index in [0.717, 1.165) is 30.8 Å². The minimum absolute atomic E-state index is 0.156. The smallest absolute Gasteiger partial charge is 0.142 e. The van der Waals surface area contributed by atoms with E-state index in [0.29, 0.717) is 12.3 Å². The summed E-state index contributed by atoms with van der Waals surface area (Å²) in [6.45, 7) is 3.54. The molecule has 0 spiro atoms. The van der Waals surface area contributed by atoms with Crippen molar-refractivity contribution in [2.45, 2.75) is 25.9 Å². The van der Waals surface area contributed by atoms with E-state index in [1.807, 2.05) is 25.1 Å². The van der Waals surface area contributed by atoms with E-state index >= 15 is 0 Å². The van der Waals surface area contributed by atoms with Crippen LogP contribution in [0.2, 0.25) is 0 Å². The molecule has 2 rings (SSSR count). The van der Waals surface area contributed by atoms with E-state index in [-0.39, 0.29) is 6.10 Å². The number of benzene rings is 1. The standard InChI is InChI=1S/C12H17NO2/c1-9-4-5-12(11(13)7-9)15-10-3-2-6-14-8-10/h4-5,7,10H,2-3,6,8,13H2,1H3. The highest BCUT2D eigenvalue weighted by Gasteiger charge is 2.16. The second kappa shape index (κ2) is 4.53. The predicted molar refractivity (Wildman–Crippen MR) is 60.1 cm³/mol. The molecule has 0 bridgehead atoms. The number of hydrogen-bond acceptors (Lipinski definition) is 3. The Kier molecular flexibility index (Phi) is 3.11. The fraction of sp³-hybridized carbons (Fsp3) is 0.500. The third-order valence-electron chi connectivity index (χ3n) is 2.58. The Morgan fingerprint density at radius 1 is 1.47 bits per heavy atom. The van der Waals surface area contributed by atoms with Gasteiger partial charge in [-0.1, -0.05) is 6.07 Å². The lowest BCUT2D eigenvalue weighted by molar-refractivity contribution is 0.00775. The highest BCUT2D eigenvalue weighted by atomic mass is 16.5. The molecule has 0 amide bonds. The van der Waals surface area contributed by atoms with Gasteiger partial charge >= 0.3 is 0 Å². The molecule has 82 valence electrons. The van der Waals surface area contributed by atoms with Crippen molar-refractivity contribution in [1.82, 2.24) is 0 Å². The first kappa shape index (κ1) is 10.3. The zero-order valence-electron chi connectivity index (χ0n) is 9.03. The minimum Gasteiger partial charge on any atom is -0.486 e. The van der Waals surface area contributed by atoms with Gasteiger partial charge in [-0.15, -0.1) is 0 Å². The molecule has 0 aromatic heterocycles. The van der Waals surface area contributed by atoms with Crippen LogP contribution < -0.4 is 10.5 Å². The Balaban J connectivity index is 2.03. The Bertz CT molecular complexity index is 332. The van der Waals surface area contributed by atoms with Gasteiger partial charge in [0.25, 0.3) is 0 Å². The number of aryl methyl sites for hydroxylation is 1. The van der Waals surface area contributed by atoms with Crippen molar-refractivity contribution in [1.29, 1.82) is 0 Å². The third kappa shape index (κ3) is 2.63. The molecule has 1 aliphatic heterocycles. The topological polar surface area (TPSA) is 44.5 Å². The molecule has 0 radical (unpaired) electrons. The van der Waals surface area contributed by atoms with Crippen LogP contribution >= 0.6 is 0 Å². The molecule has 1 atom stereocenters. The number of nitrogens with two attached hydrogens (primary N) is 1. The molecule has 15 heavy (non-hydrogen) atoms. The van der Waals surface area contributed by atoms with Crippen LogP contribution in [0.3, 0.4) is 0 Å². The van der Waals surface area contributed by atoms with E-state index in [2.05, 4.69) is 0 Å². The van der Waals surface area contributed by atoms with Gasteiger partial charge in [0, 0.05) is 6.61 Å². The average molecular weight is 207 g/mol. The number of nitrogen functional groups attached to an aromatic ring is 1. The monoisotopic (exact) mass is 207 g/mol. The zero-order chi connectivity index (χ0) is 10.7. The average Bonchev–Trinajstić information content (AvgIpc) is 2.24. The normalized spacial score (nSPS) is 21.3. The van der Waals surface area contributed by atoms with E-state index in [9.17, 15) is 0 Å². The quantitative estimate of drug-likeness (QED) is 0.755. The van der Waals surface area contributed by atoms with Crippen molar-refractivity contribution < 1.29 is 9.47 Å². The van der Waals surface area contributed by atoms with Crippen molar-refractivity contribution in [3.63, 3.8) is 0 Å². The molecule has 1 aliphatic rings. The number of hydrogen-bond donors (Lipinski definition) is 1. The van der Waals surface area contributed by atoms with Crippen molar-refractivity contribution >= 4 is 5.69 Å². The van der Waals surface area contributed by atoms with Crippen LogP contribution in [0.1, 0.15) is 18.4 Å². The van der Waals surface area contributed by atoms with Crippen molar-refractivity contribution in [3.05, 3.63) is 23.8 Å². The SMILES string of the molecule is Cc1ccc(OC2CCCOC2)c(N)c1. The van der Waals surface area contributed by atoms with Gasteiger partial charge in [0.15, 0.2) is 0 Å². The molecule has 0 aliphatic carbocycles. The molecule has 1 fully saturated rings. The molecule has 3 nitrogen and oxygen atoms in total. The highest BCUT2D eigenvalue weighted by Crippen LogP contribution is 2.25. The molecular weight excluding hydrogens is 190 g/mol. The second-order valence-corrected chi connectivity index (χ2v) is 4.00. The fourth-order valence-corrected chi connectivity index (χ4v) is 1.76. The van der Waals surface area contributed by atoms with Gasteiger partial charge in [0.05, 0.1) is 12.3 Å². The molecule has 1 unspecified atom stereocenters. The third-order valence-corrected chi connectivity index (χ3v) is 2.58. The Morgan fingerprint density at radius 3 is 3.00 bits per heavy atom. The van der Waals surface area contributed by atoms with E-state index in [4.69, 9.17) is 15.2 Å². The number of anilines is 1. The van der Waals surface area contributed by atoms with Crippen LogP contribution in [0.4, 0.5) is 5.69 Å². The van der Waals surface area contributed by atoms with Gasteiger partial charge in [-0.25, -0.2) is 0 Å². The van der Waals surface area contributed by atoms with Crippen LogP contribution in [0.5, 0.6) is 5.75 Å². The summed E-state index contributed by atoms with van der Waals surface area (Å²) < 4.78 is 11.1. The number of ether oxygens (including phenoxy) is 2. The van der Waals surface area contributed by atoms with E-state index < -0.39 is 0 Å². The van der Waals surface area contributed by atoms with Crippen LogP contribution in [0, 0.1) is 6.92 Å².